The fourth-order valence-corrected chi connectivity index (χ4v) is 1.10. The molecule has 0 aromatic carbocycles. The topological polar surface area (TPSA) is 26.0 Å². The minimum atomic E-state index is 0.905. The molecule has 0 fully saturated rings. The highest BCUT2D eigenvalue weighted by molar-refractivity contribution is 5.32. The van der Waals surface area contributed by atoms with Crippen LogP contribution in [0.4, 0.5) is 0 Å². The highest BCUT2D eigenvalue weighted by Gasteiger charge is 2.01. The summed E-state index contributed by atoms with van der Waals surface area (Å²) in [6.07, 6.45) is 9.28. The maximum atomic E-state index is 5.71. The summed E-state index contributed by atoms with van der Waals surface area (Å²) in [7, 11) is 0. The van der Waals surface area contributed by atoms with Crippen LogP contribution in [0.1, 0.15) is 19.3 Å². The fourth-order valence-electron chi connectivity index (χ4n) is 1.10. The summed E-state index contributed by atoms with van der Waals surface area (Å²) in [5, 5.41) is 0. The molecule has 0 saturated heterocycles. The van der Waals surface area contributed by atoms with Gasteiger partial charge in [-0.2, -0.15) is 0 Å². The van der Waals surface area contributed by atoms with Crippen LogP contribution in [0.5, 0.6) is 0 Å². The van der Waals surface area contributed by atoms with Crippen LogP contribution in [-0.4, -0.2) is 0 Å². The molecule has 10 heavy (non-hydrogen) atoms. The third-order valence-electron chi connectivity index (χ3n) is 1.66. The normalized spacial score (nSPS) is 17.6. The second-order valence-corrected chi connectivity index (χ2v) is 2.46. The molecular weight excluding hydrogens is 122 g/mol. The van der Waals surface area contributed by atoms with Gasteiger partial charge in [-0.3, -0.25) is 0 Å². The van der Waals surface area contributed by atoms with Crippen molar-refractivity contribution in [1.29, 1.82) is 0 Å². The lowest BCUT2D eigenvalue weighted by Crippen LogP contribution is -2.03. The SMILES string of the molecule is C=CCC1=CCCC=C1N. The molecule has 2 N–H and O–H groups in total. The van der Waals surface area contributed by atoms with Gasteiger partial charge in [-0.05, 0) is 24.8 Å². The molecule has 1 aliphatic carbocycles. The zero-order chi connectivity index (χ0) is 7.40. The number of hydrogen-bond donors (Lipinski definition) is 1. The number of nitrogens with two attached hydrogens (primary N) is 1. The van der Waals surface area contributed by atoms with Gasteiger partial charge in [0, 0.05) is 5.70 Å². The highest BCUT2D eigenvalue weighted by Crippen LogP contribution is 2.17. The van der Waals surface area contributed by atoms with Crippen LogP contribution in [-0.2, 0) is 0 Å². The van der Waals surface area contributed by atoms with Crippen molar-refractivity contribution in [2.75, 3.05) is 0 Å². The summed E-state index contributed by atoms with van der Waals surface area (Å²) in [6.45, 7) is 3.67. The summed E-state index contributed by atoms with van der Waals surface area (Å²) < 4.78 is 0. The van der Waals surface area contributed by atoms with Crippen molar-refractivity contribution >= 4 is 0 Å². The Morgan fingerprint density at radius 2 is 2.20 bits per heavy atom. The molecule has 54 valence electrons. The molecule has 0 bridgehead atoms. The van der Waals surface area contributed by atoms with Gasteiger partial charge in [0.1, 0.15) is 0 Å². The van der Waals surface area contributed by atoms with Crippen LogP contribution in [0, 0.1) is 0 Å². The average Bonchev–Trinajstić information content (AvgIpc) is 1.94. The van der Waals surface area contributed by atoms with Crippen LogP contribution in [0.15, 0.2) is 36.1 Å². The molecule has 0 unspecified atom stereocenters. The van der Waals surface area contributed by atoms with Crippen molar-refractivity contribution in [2.24, 2.45) is 5.73 Å². The van der Waals surface area contributed by atoms with Gasteiger partial charge in [0.15, 0.2) is 0 Å². The molecule has 1 heteroatoms. The smallest absolute Gasteiger partial charge is 0.0306 e. The van der Waals surface area contributed by atoms with Crippen molar-refractivity contribution in [3.63, 3.8) is 0 Å². The van der Waals surface area contributed by atoms with Gasteiger partial charge in [-0.15, -0.1) is 6.58 Å². The molecule has 0 aromatic heterocycles. The molecule has 0 aromatic rings. The summed E-state index contributed by atoms with van der Waals surface area (Å²) in [4.78, 5) is 0. The zero-order valence-corrected chi connectivity index (χ0v) is 6.14. The van der Waals surface area contributed by atoms with Crippen molar-refractivity contribution in [2.45, 2.75) is 19.3 Å². The minimum absolute atomic E-state index is 0.905. The molecule has 0 radical (unpaired) electrons. The van der Waals surface area contributed by atoms with E-state index in [2.05, 4.69) is 18.7 Å². The first-order chi connectivity index (χ1) is 4.84. The highest BCUT2D eigenvalue weighted by atomic mass is 14.6. The molecule has 0 atom stereocenters. The second-order valence-electron chi connectivity index (χ2n) is 2.46. The summed E-state index contributed by atoms with van der Waals surface area (Å²) in [5.74, 6) is 0. The fraction of sp³-hybridized carbons (Fsp3) is 0.333. The van der Waals surface area contributed by atoms with E-state index in [0.717, 1.165) is 25.0 Å². The first-order valence-corrected chi connectivity index (χ1v) is 3.60. The predicted molar refractivity (Wildman–Crippen MR) is 44.4 cm³/mol. The van der Waals surface area contributed by atoms with Crippen molar-refractivity contribution < 1.29 is 0 Å². The second kappa shape index (κ2) is 3.25. The van der Waals surface area contributed by atoms with Gasteiger partial charge >= 0.3 is 0 Å². The molecular formula is C9H13N. The molecule has 0 heterocycles. The van der Waals surface area contributed by atoms with E-state index in [9.17, 15) is 0 Å². The number of allylic oxidation sites excluding steroid dienone is 4. The molecule has 0 spiro atoms. The standard InChI is InChI=1S/C9H13N/c1-2-5-8-6-3-4-7-9(8)10/h2,6-7H,1,3-5,10H2. The Labute approximate surface area is 61.9 Å². The van der Waals surface area contributed by atoms with Crippen LogP contribution < -0.4 is 5.73 Å². The van der Waals surface area contributed by atoms with Crippen LogP contribution >= 0.6 is 0 Å². The van der Waals surface area contributed by atoms with E-state index in [1.807, 2.05) is 6.08 Å². The third-order valence-corrected chi connectivity index (χ3v) is 1.66. The van der Waals surface area contributed by atoms with Gasteiger partial charge in [0.05, 0.1) is 0 Å². The maximum absolute atomic E-state index is 5.71. The van der Waals surface area contributed by atoms with Gasteiger partial charge in [-0.1, -0.05) is 18.2 Å². The Morgan fingerprint density at radius 3 is 2.80 bits per heavy atom. The molecule has 1 aliphatic rings. The van der Waals surface area contributed by atoms with Gasteiger partial charge in [0.2, 0.25) is 0 Å². The molecule has 0 amide bonds. The molecule has 1 nitrogen and oxygen atoms in total. The van der Waals surface area contributed by atoms with E-state index >= 15 is 0 Å². The summed E-state index contributed by atoms with van der Waals surface area (Å²) in [6, 6.07) is 0. The number of rotatable bonds is 2. The largest absolute Gasteiger partial charge is 0.399 e. The summed E-state index contributed by atoms with van der Waals surface area (Å²) >= 11 is 0. The van der Waals surface area contributed by atoms with E-state index in [1.165, 1.54) is 5.57 Å². The van der Waals surface area contributed by atoms with Crippen LogP contribution in [0.3, 0.4) is 0 Å². The molecule has 0 aliphatic heterocycles. The van der Waals surface area contributed by atoms with Crippen LogP contribution in [0.25, 0.3) is 0 Å². The van der Waals surface area contributed by atoms with E-state index in [-0.39, 0.29) is 0 Å². The lowest BCUT2D eigenvalue weighted by atomic mass is 10.0. The van der Waals surface area contributed by atoms with Gasteiger partial charge < -0.3 is 5.73 Å². The Kier molecular flexibility index (Phi) is 2.32. The van der Waals surface area contributed by atoms with Crippen LogP contribution in [0.2, 0.25) is 0 Å². The zero-order valence-electron chi connectivity index (χ0n) is 6.14. The third kappa shape index (κ3) is 1.50. The Morgan fingerprint density at radius 1 is 1.50 bits per heavy atom. The summed E-state index contributed by atoms with van der Waals surface area (Å²) in [5.41, 5.74) is 7.88. The molecule has 1 rings (SSSR count). The predicted octanol–water partition coefficient (Wildman–Crippen LogP) is 2.13. The van der Waals surface area contributed by atoms with Crippen molar-refractivity contribution in [3.05, 3.63) is 36.1 Å². The lowest BCUT2D eigenvalue weighted by molar-refractivity contribution is 0.964. The first kappa shape index (κ1) is 7.13. The Hall–Kier alpha value is -0.980. The Balaban J connectivity index is 2.64. The van der Waals surface area contributed by atoms with Crippen molar-refractivity contribution in [3.8, 4) is 0 Å². The molecule has 0 saturated carbocycles. The minimum Gasteiger partial charge on any atom is -0.399 e. The van der Waals surface area contributed by atoms with E-state index < -0.39 is 0 Å². The average molecular weight is 135 g/mol. The van der Waals surface area contributed by atoms with E-state index in [0.29, 0.717) is 0 Å². The lowest BCUT2D eigenvalue weighted by Gasteiger charge is -2.09. The quantitative estimate of drug-likeness (QED) is 0.577. The Bertz CT molecular complexity index is 187. The number of hydrogen-bond acceptors (Lipinski definition) is 1. The monoisotopic (exact) mass is 135 g/mol. The van der Waals surface area contributed by atoms with Gasteiger partial charge in [0.25, 0.3) is 0 Å². The van der Waals surface area contributed by atoms with E-state index in [4.69, 9.17) is 5.73 Å². The van der Waals surface area contributed by atoms with E-state index in [1.54, 1.807) is 0 Å². The van der Waals surface area contributed by atoms with Crippen molar-refractivity contribution in [1.82, 2.24) is 0 Å². The maximum Gasteiger partial charge on any atom is 0.0306 e. The first-order valence-electron chi connectivity index (χ1n) is 3.60. The van der Waals surface area contributed by atoms with Gasteiger partial charge in [-0.25, -0.2) is 0 Å².